The van der Waals surface area contributed by atoms with E-state index in [2.05, 4.69) is 5.32 Å². The number of carbonyl (C=O) groups is 1. The second-order valence-corrected chi connectivity index (χ2v) is 4.41. The van der Waals surface area contributed by atoms with Gasteiger partial charge in [-0.2, -0.15) is 0 Å². The Morgan fingerprint density at radius 3 is 2.81 bits per heavy atom. The molecule has 1 amide bonds. The molecule has 5 heteroatoms. The van der Waals surface area contributed by atoms with Crippen LogP contribution in [0.25, 0.3) is 0 Å². The van der Waals surface area contributed by atoms with Crippen molar-refractivity contribution in [2.24, 2.45) is 0 Å². The molecule has 90 valence electrons. The highest BCUT2D eigenvalue weighted by atomic mass is 16.6. The minimum atomic E-state index is -0.859. The summed E-state index contributed by atoms with van der Waals surface area (Å²) in [4.78, 5) is 11.3. The molecule has 0 radical (unpaired) electrons. The number of furan rings is 1. The average molecular weight is 227 g/mol. The van der Waals surface area contributed by atoms with Crippen LogP contribution in [0.4, 0.5) is 4.79 Å². The van der Waals surface area contributed by atoms with E-state index in [0.29, 0.717) is 5.76 Å². The standard InChI is InChI=1S/C11H17NO4/c1-11(2,3)16-10(14)12-7-8(13)9-5-4-6-15-9/h4-6,8,13H,7H2,1-3H3,(H,12,14). The van der Waals surface area contributed by atoms with Crippen molar-refractivity contribution in [3.05, 3.63) is 24.2 Å². The minimum absolute atomic E-state index is 0.0580. The van der Waals surface area contributed by atoms with Gasteiger partial charge in [-0.15, -0.1) is 0 Å². The summed E-state index contributed by atoms with van der Waals surface area (Å²) < 4.78 is 10.0. The zero-order valence-corrected chi connectivity index (χ0v) is 9.69. The number of carbonyl (C=O) groups excluding carboxylic acids is 1. The Morgan fingerprint density at radius 1 is 1.62 bits per heavy atom. The number of aliphatic hydroxyl groups is 1. The molecule has 2 N–H and O–H groups in total. The summed E-state index contributed by atoms with van der Waals surface area (Å²) in [6.07, 6.45) is 0.0482. The van der Waals surface area contributed by atoms with E-state index in [-0.39, 0.29) is 6.54 Å². The van der Waals surface area contributed by atoms with Crippen molar-refractivity contribution in [3.8, 4) is 0 Å². The van der Waals surface area contributed by atoms with Crippen LogP contribution in [0.3, 0.4) is 0 Å². The number of alkyl carbamates (subject to hydrolysis) is 1. The molecule has 0 saturated heterocycles. The predicted molar refractivity (Wildman–Crippen MR) is 57.9 cm³/mol. The van der Waals surface area contributed by atoms with Crippen LogP contribution >= 0.6 is 0 Å². The lowest BCUT2D eigenvalue weighted by Crippen LogP contribution is -2.34. The second-order valence-electron chi connectivity index (χ2n) is 4.41. The van der Waals surface area contributed by atoms with Gasteiger partial charge >= 0.3 is 6.09 Å². The maximum atomic E-state index is 11.3. The molecule has 1 rings (SSSR count). The fourth-order valence-corrected chi connectivity index (χ4v) is 1.08. The van der Waals surface area contributed by atoms with Crippen molar-refractivity contribution in [2.75, 3.05) is 6.54 Å². The first kappa shape index (κ1) is 12.6. The molecule has 1 unspecified atom stereocenters. The van der Waals surface area contributed by atoms with E-state index in [1.807, 2.05) is 0 Å². The van der Waals surface area contributed by atoms with E-state index in [1.54, 1.807) is 32.9 Å². The normalized spacial score (nSPS) is 13.2. The molecule has 1 atom stereocenters. The quantitative estimate of drug-likeness (QED) is 0.826. The smallest absolute Gasteiger partial charge is 0.407 e. The molecular weight excluding hydrogens is 210 g/mol. The van der Waals surface area contributed by atoms with Gasteiger partial charge in [0.15, 0.2) is 0 Å². The van der Waals surface area contributed by atoms with Crippen molar-refractivity contribution in [2.45, 2.75) is 32.5 Å². The molecule has 5 nitrogen and oxygen atoms in total. The number of ether oxygens (including phenoxy) is 1. The molecule has 0 saturated carbocycles. The SMILES string of the molecule is CC(C)(C)OC(=O)NCC(O)c1ccco1. The highest BCUT2D eigenvalue weighted by molar-refractivity contribution is 5.67. The summed E-state index contributed by atoms with van der Waals surface area (Å²) in [7, 11) is 0. The van der Waals surface area contributed by atoms with Gasteiger partial charge in [0.2, 0.25) is 0 Å². The van der Waals surface area contributed by atoms with Crippen LogP contribution in [-0.4, -0.2) is 23.3 Å². The Kier molecular flexibility index (Phi) is 3.95. The minimum Gasteiger partial charge on any atom is -0.467 e. The lowest BCUT2D eigenvalue weighted by Gasteiger charge is -2.20. The Balaban J connectivity index is 2.32. The number of rotatable bonds is 3. The third-order valence-electron chi connectivity index (χ3n) is 1.71. The van der Waals surface area contributed by atoms with Crippen molar-refractivity contribution in [1.29, 1.82) is 0 Å². The first-order valence-electron chi connectivity index (χ1n) is 5.07. The Hall–Kier alpha value is -1.49. The molecule has 0 aliphatic carbocycles. The van der Waals surface area contributed by atoms with Gasteiger partial charge in [0.05, 0.1) is 12.8 Å². The van der Waals surface area contributed by atoms with Gasteiger partial charge in [0.1, 0.15) is 17.5 Å². The number of hydrogen-bond acceptors (Lipinski definition) is 4. The van der Waals surface area contributed by atoms with Crippen LogP contribution in [0.5, 0.6) is 0 Å². The van der Waals surface area contributed by atoms with Gasteiger partial charge in [-0.05, 0) is 32.9 Å². The first-order chi connectivity index (χ1) is 7.38. The fraction of sp³-hybridized carbons (Fsp3) is 0.545. The number of amides is 1. The fourth-order valence-electron chi connectivity index (χ4n) is 1.08. The van der Waals surface area contributed by atoms with E-state index in [4.69, 9.17) is 9.15 Å². The highest BCUT2D eigenvalue weighted by Crippen LogP contribution is 2.12. The van der Waals surface area contributed by atoms with Gasteiger partial charge < -0.3 is 19.6 Å². The summed E-state index contributed by atoms with van der Waals surface area (Å²) in [6, 6.07) is 3.31. The van der Waals surface area contributed by atoms with Gasteiger partial charge in [-0.25, -0.2) is 4.79 Å². The van der Waals surface area contributed by atoms with Crippen LogP contribution in [-0.2, 0) is 4.74 Å². The third kappa shape index (κ3) is 4.35. The maximum absolute atomic E-state index is 11.3. The lowest BCUT2D eigenvalue weighted by atomic mass is 10.2. The topological polar surface area (TPSA) is 71.7 Å². The van der Waals surface area contributed by atoms with Crippen LogP contribution in [0, 0.1) is 0 Å². The third-order valence-corrected chi connectivity index (χ3v) is 1.71. The summed E-state index contributed by atoms with van der Waals surface area (Å²) in [5.41, 5.74) is -0.542. The van der Waals surface area contributed by atoms with Crippen molar-refractivity contribution in [3.63, 3.8) is 0 Å². The van der Waals surface area contributed by atoms with Crippen molar-refractivity contribution in [1.82, 2.24) is 5.32 Å². The zero-order valence-electron chi connectivity index (χ0n) is 9.69. The Labute approximate surface area is 94.4 Å². The highest BCUT2D eigenvalue weighted by Gasteiger charge is 2.17. The molecule has 1 heterocycles. The molecule has 16 heavy (non-hydrogen) atoms. The molecule has 0 aliphatic heterocycles. The van der Waals surface area contributed by atoms with E-state index in [9.17, 15) is 9.90 Å². The second kappa shape index (κ2) is 5.03. The largest absolute Gasteiger partial charge is 0.467 e. The predicted octanol–water partition coefficient (Wildman–Crippen LogP) is 1.84. The average Bonchev–Trinajstić information content (AvgIpc) is 2.64. The molecular formula is C11H17NO4. The Morgan fingerprint density at radius 2 is 2.31 bits per heavy atom. The number of nitrogens with one attached hydrogen (secondary N) is 1. The zero-order chi connectivity index (χ0) is 12.2. The molecule has 0 spiro atoms. The van der Waals surface area contributed by atoms with Crippen LogP contribution < -0.4 is 5.32 Å². The summed E-state index contributed by atoms with van der Waals surface area (Å²) in [5.74, 6) is 0.413. The summed E-state index contributed by atoms with van der Waals surface area (Å²) in [5, 5.41) is 12.0. The van der Waals surface area contributed by atoms with Crippen LogP contribution in [0.2, 0.25) is 0 Å². The van der Waals surface area contributed by atoms with Gasteiger partial charge in [-0.3, -0.25) is 0 Å². The lowest BCUT2D eigenvalue weighted by molar-refractivity contribution is 0.0482. The molecule has 0 aliphatic rings. The van der Waals surface area contributed by atoms with Gasteiger partial charge in [0, 0.05) is 0 Å². The van der Waals surface area contributed by atoms with E-state index in [1.165, 1.54) is 6.26 Å². The van der Waals surface area contributed by atoms with E-state index in [0.717, 1.165) is 0 Å². The number of aliphatic hydroxyl groups excluding tert-OH is 1. The molecule has 0 bridgehead atoms. The molecule has 0 fully saturated rings. The molecule has 0 aromatic carbocycles. The maximum Gasteiger partial charge on any atom is 0.407 e. The van der Waals surface area contributed by atoms with Crippen molar-refractivity contribution >= 4 is 6.09 Å². The van der Waals surface area contributed by atoms with Crippen molar-refractivity contribution < 1.29 is 19.1 Å². The van der Waals surface area contributed by atoms with E-state index < -0.39 is 17.8 Å². The first-order valence-corrected chi connectivity index (χ1v) is 5.07. The monoisotopic (exact) mass is 227 g/mol. The van der Waals surface area contributed by atoms with Crippen LogP contribution in [0.1, 0.15) is 32.6 Å². The molecule has 1 aromatic heterocycles. The van der Waals surface area contributed by atoms with Crippen LogP contribution in [0.15, 0.2) is 22.8 Å². The number of hydrogen-bond donors (Lipinski definition) is 2. The Bertz CT molecular complexity index is 326. The van der Waals surface area contributed by atoms with Gasteiger partial charge in [0.25, 0.3) is 0 Å². The van der Waals surface area contributed by atoms with Gasteiger partial charge in [-0.1, -0.05) is 0 Å². The summed E-state index contributed by atoms with van der Waals surface area (Å²) >= 11 is 0. The van der Waals surface area contributed by atoms with E-state index >= 15 is 0 Å². The molecule has 1 aromatic rings. The summed E-state index contributed by atoms with van der Waals surface area (Å²) in [6.45, 7) is 5.38.